The van der Waals surface area contributed by atoms with E-state index in [0.29, 0.717) is 0 Å². The lowest BCUT2D eigenvalue weighted by Gasteiger charge is -2.20. The Morgan fingerprint density at radius 3 is 2.33 bits per heavy atom. The number of nitrogens with zero attached hydrogens (tertiary/aromatic N) is 6. The highest BCUT2D eigenvalue weighted by molar-refractivity contribution is 7.93. The molecule has 33 heavy (non-hydrogen) atoms. The maximum Gasteiger partial charge on any atom is 0.345 e. The van der Waals surface area contributed by atoms with E-state index in [9.17, 15) is 18.0 Å². The third-order valence-corrected chi connectivity index (χ3v) is 5.47. The normalized spacial score (nSPS) is 10.9. The molecule has 0 fully saturated rings. The maximum atomic E-state index is 13.4. The SMILES string of the molecule is CCOC(=O)c1cn[nH]c1S(=O)(=O)N(C(=O)Nc1nc(OC)cc(OC)n1)c1ncccn1. The van der Waals surface area contributed by atoms with Crippen LogP contribution in [0.5, 0.6) is 11.8 Å². The zero-order chi connectivity index (χ0) is 24.0. The second kappa shape index (κ2) is 9.86. The van der Waals surface area contributed by atoms with Crippen molar-refractivity contribution in [3.05, 3.63) is 36.3 Å². The highest BCUT2D eigenvalue weighted by Gasteiger charge is 2.38. The summed E-state index contributed by atoms with van der Waals surface area (Å²) in [5.74, 6) is -1.72. The molecule has 0 spiro atoms. The van der Waals surface area contributed by atoms with Crippen molar-refractivity contribution in [2.75, 3.05) is 30.4 Å². The summed E-state index contributed by atoms with van der Waals surface area (Å²) in [6.07, 6.45) is 3.41. The summed E-state index contributed by atoms with van der Waals surface area (Å²) < 4.78 is 41.9. The number of anilines is 2. The molecule has 0 radical (unpaired) electrons. The number of ether oxygens (including phenoxy) is 3. The number of H-pyrrole nitrogens is 1. The van der Waals surface area contributed by atoms with E-state index >= 15 is 0 Å². The van der Waals surface area contributed by atoms with Crippen molar-refractivity contribution >= 4 is 33.9 Å². The molecule has 0 aliphatic carbocycles. The molecule has 0 unspecified atom stereocenters. The van der Waals surface area contributed by atoms with E-state index in [1.807, 2.05) is 0 Å². The van der Waals surface area contributed by atoms with E-state index in [4.69, 9.17) is 14.2 Å². The Bertz CT molecular complexity index is 1230. The Kier molecular flexibility index (Phi) is 6.97. The minimum atomic E-state index is -4.80. The average Bonchev–Trinajstić information content (AvgIpc) is 3.31. The number of nitrogens with one attached hydrogen (secondary N) is 2. The predicted molar refractivity (Wildman–Crippen MR) is 110 cm³/mol. The summed E-state index contributed by atoms with van der Waals surface area (Å²) in [6, 6.07) is 1.50. The number of carbonyl (C=O) groups excluding carboxylic acids is 2. The van der Waals surface area contributed by atoms with Gasteiger partial charge in [0.15, 0.2) is 5.03 Å². The smallest absolute Gasteiger partial charge is 0.345 e. The summed E-state index contributed by atoms with van der Waals surface area (Å²) in [7, 11) is -2.14. The van der Waals surface area contributed by atoms with Crippen molar-refractivity contribution in [3.63, 3.8) is 0 Å². The monoisotopic (exact) mass is 478 g/mol. The number of rotatable bonds is 8. The molecule has 3 rings (SSSR count). The molecule has 174 valence electrons. The van der Waals surface area contributed by atoms with Crippen LogP contribution in [0, 0.1) is 0 Å². The van der Waals surface area contributed by atoms with Gasteiger partial charge in [-0.2, -0.15) is 23.5 Å². The van der Waals surface area contributed by atoms with Gasteiger partial charge in [0.25, 0.3) is 10.0 Å². The third kappa shape index (κ3) is 4.95. The molecule has 2 N–H and O–H groups in total. The number of aromatic amines is 1. The van der Waals surface area contributed by atoms with Crippen LogP contribution in [0.2, 0.25) is 0 Å². The van der Waals surface area contributed by atoms with Crippen molar-refractivity contribution in [3.8, 4) is 11.8 Å². The molecule has 15 nitrogen and oxygen atoms in total. The van der Waals surface area contributed by atoms with Gasteiger partial charge < -0.3 is 14.2 Å². The first-order chi connectivity index (χ1) is 15.8. The quantitative estimate of drug-likeness (QED) is 0.429. The standard InChI is InChI=1S/C17H18N8O7S/c1-4-32-14(26)10-9-20-24-13(10)33(28,29)25(16-18-6-5-7-19-16)17(27)23-15-21-11(30-2)8-12(22-15)31-3/h5-9H,4H2,1-3H3,(H,20,24)(H,21,22,23,27). The van der Waals surface area contributed by atoms with E-state index in [1.165, 1.54) is 38.7 Å². The first kappa shape index (κ1) is 23.3. The zero-order valence-electron chi connectivity index (χ0n) is 17.5. The molecule has 3 heterocycles. The Labute approximate surface area is 187 Å². The van der Waals surface area contributed by atoms with Gasteiger partial charge in [0.1, 0.15) is 5.56 Å². The van der Waals surface area contributed by atoms with Crippen LogP contribution < -0.4 is 19.1 Å². The number of hydrogen-bond donors (Lipinski definition) is 2. The van der Waals surface area contributed by atoms with Gasteiger partial charge in [0.2, 0.25) is 23.7 Å². The van der Waals surface area contributed by atoms with Gasteiger partial charge in [0, 0.05) is 12.4 Å². The van der Waals surface area contributed by atoms with Gasteiger partial charge in [-0.3, -0.25) is 10.4 Å². The molecule has 0 bridgehead atoms. The number of esters is 1. The molecule has 0 atom stereocenters. The second-order valence-corrected chi connectivity index (χ2v) is 7.58. The highest BCUT2D eigenvalue weighted by atomic mass is 32.2. The number of carbonyl (C=O) groups is 2. The number of aromatic nitrogens is 6. The van der Waals surface area contributed by atoms with Gasteiger partial charge in [-0.25, -0.2) is 19.6 Å². The molecule has 0 aliphatic rings. The van der Waals surface area contributed by atoms with E-state index in [-0.39, 0.29) is 28.6 Å². The topological polar surface area (TPSA) is 191 Å². The van der Waals surface area contributed by atoms with Crippen LogP contribution in [-0.4, -0.2) is 71.4 Å². The Balaban J connectivity index is 2.06. The lowest BCUT2D eigenvalue weighted by atomic mass is 10.4. The number of urea groups is 1. The zero-order valence-corrected chi connectivity index (χ0v) is 18.4. The van der Waals surface area contributed by atoms with Gasteiger partial charge in [-0.1, -0.05) is 0 Å². The molecule has 16 heteroatoms. The molecular formula is C17H18N8O7S. The molecule has 0 aliphatic heterocycles. The lowest BCUT2D eigenvalue weighted by Crippen LogP contribution is -2.42. The first-order valence-corrected chi connectivity index (χ1v) is 10.6. The Morgan fingerprint density at radius 2 is 1.76 bits per heavy atom. The van der Waals surface area contributed by atoms with E-state index in [2.05, 4.69) is 35.5 Å². The van der Waals surface area contributed by atoms with Crippen LogP contribution in [0.1, 0.15) is 17.3 Å². The minimum absolute atomic E-state index is 0.00942. The molecule has 0 aromatic carbocycles. The van der Waals surface area contributed by atoms with Crippen LogP contribution in [0.15, 0.2) is 35.7 Å². The number of sulfonamides is 1. The predicted octanol–water partition coefficient (Wildman–Crippen LogP) is 0.611. The van der Waals surface area contributed by atoms with Crippen LogP contribution >= 0.6 is 0 Å². The van der Waals surface area contributed by atoms with Crippen LogP contribution in [0.25, 0.3) is 0 Å². The van der Waals surface area contributed by atoms with Gasteiger partial charge in [-0.05, 0) is 13.0 Å². The third-order valence-electron chi connectivity index (χ3n) is 3.83. The second-order valence-electron chi connectivity index (χ2n) is 5.86. The van der Waals surface area contributed by atoms with Gasteiger partial charge in [0.05, 0.1) is 33.1 Å². The average molecular weight is 478 g/mol. The summed E-state index contributed by atoms with van der Waals surface area (Å²) in [5.41, 5.74) is -0.412. The molecule has 3 aromatic heterocycles. The number of methoxy groups -OCH3 is 2. The van der Waals surface area contributed by atoms with Crippen molar-refractivity contribution in [2.45, 2.75) is 11.9 Å². The maximum absolute atomic E-state index is 13.4. The summed E-state index contributed by atoms with van der Waals surface area (Å²) in [6.45, 7) is 1.54. The molecule has 0 saturated heterocycles. The van der Waals surface area contributed by atoms with Crippen molar-refractivity contribution in [1.82, 2.24) is 30.1 Å². The molecule has 0 saturated carbocycles. The fourth-order valence-electron chi connectivity index (χ4n) is 2.44. The fourth-order valence-corrected chi connectivity index (χ4v) is 3.77. The summed E-state index contributed by atoms with van der Waals surface area (Å²) >= 11 is 0. The lowest BCUT2D eigenvalue weighted by molar-refractivity contribution is 0.0521. The Hall–Kier alpha value is -4.34. The van der Waals surface area contributed by atoms with E-state index in [1.54, 1.807) is 6.92 Å². The Morgan fingerprint density at radius 1 is 1.12 bits per heavy atom. The molecular weight excluding hydrogens is 460 g/mol. The first-order valence-electron chi connectivity index (χ1n) is 9.12. The summed E-state index contributed by atoms with van der Waals surface area (Å²) in [4.78, 5) is 40.8. The molecule has 3 aromatic rings. The van der Waals surface area contributed by atoms with Gasteiger partial charge >= 0.3 is 12.0 Å². The number of amides is 2. The van der Waals surface area contributed by atoms with E-state index in [0.717, 1.165) is 6.20 Å². The van der Waals surface area contributed by atoms with Crippen LogP contribution in [0.3, 0.4) is 0 Å². The van der Waals surface area contributed by atoms with Crippen molar-refractivity contribution < 1.29 is 32.2 Å². The van der Waals surface area contributed by atoms with Crippen molar-refractivity contribution in [2.24, 2.45) is 0 Å². The minimum Gasteiger partial charge on any atom is -0.481 e. The highest BCUT2D eigenvalue weighted by Crippen LogP contribution is 2.24. The van der Waals surface area contributed by atoms with Crippen molar-refractivity contribution in [1.29, 1.82) is 0 Å². The summed E-state index contributed by atoms with van der Waals surface area (Å²) in [5, 5.41) is 7.32. The van der Waals surface area contributed by atoms with Crippen LogP contribution in [-0.2, 0) is 14.8 Å². The largest absolute Gasteiger partial charge is 0.481 e. The van der Waals surface area contributed by atoms with Gasteiger partial charge in [-0.15, -0.1) is 4.31 Å². The van der Waals surface area contributed by atoms with Crippen LogP contribution in [0.4, 0.5) is 16.7 Å². The molecule has 2 amide bonds. The number of hydrogen-bond acceptors (Lipinski definition) is 12. The fraction of sp³-hybridized carbons (Fsp3) is 0.235. The van der Waals surface area contributed by atoms with E-state index < -0.39 is 38.6 Å².